The van der Waals surface area contributed by atoms with Gasteiger partial charge in [-0.1, -0.05) is 77.4 Å². The maximum Gasteiger partial charge on any atom is 0.221 e. The van der Waals surface area contributed by atoms with Crippen LogP contribution in [0.4, 0.5) is 0 Å². The molecule has 0 fully saturated rings. The first-order valence-corrected chi connectivity index (χ1v) is 10.3. The number of aliphatic hydroxyl groups excluding tert-OH is 1. The molecule has 3 heteroatoms. The van der Waals surface area contributed by atoms with Gasteiger partial charge in [-0.25, -0.2) is 0 Å². The molecular formula is C21H41NO2. The Morgan fingerprint density at radius 3 is 1.88 bits per heavy atom. The van der Waals surface area contributed by atoms with E-state index in [1.807, 2.05) is 6.92 Å². The van der Waals surface area contributed by atoms with E-state index in [2.05, 4.69) is 24.4 Å². The number of aliphatic hydroxyl groups is 1. The van der Waals surface area contributed by atoms with Crippen molar-refractivity contribution >= 4 is 5.91 Å². The van der Waals surface area contributed by atoms with E-state index >= 15 is 0 Å². The zero-order valence-corrected chi connectivity index (χ0v) is 16.2. The van der Waals surface area contributed by atoms with Crippen LogP contribution in [-0.2, 0) is 4.79 Å². The van der Waals surface area contributed by atoms with Crippen LogP contribution in [0.2, 0.25) is 0 Å². The van der Waals surface area contributed by atoms with E-state index in [9.17, 15) is 9.90 Å². The number of carbonyl (C=O) groups is 1. The molecule has 0 aromatic rings. The molecule has 0 radical (unpaired) electrons. The molecule has 1 unspecified atom stereocenters. The zero-order chi connectivity index (χ0) is 17.9. The molecule has 0 bridgehead atoms. The average molecular weight is 340 g/mol. The standard InChI is InChI=1S/C21H41NO2/c1-3-5-6-7-8-9-10-11-12-13-14-15-16-17-18-19-21(24)22-20(23)4-2/h11-12,20,23H,3-10,13-19H2,1-2H3,(H,22,24). The molecule has 0 aliphatic carbocycles. The van der Waals surface area contributed by atoms with E-state index in [1.54, 1.807) is 0 Å². The number of amides is 1. The van der Waals surface area contributed by atoms with Crippen LogP contribution in [0.25, 0.3) is 0 Å². The average Bonchev–Trinajstić information content (AvgIpc) is 2.58. The van der Waals surface area contributed by atoms with Crippen LogP contribution in [0.1, 0.15) is 110 Å². The predicted octanol–water partition coefficient (Wildman–Crippen LogP) is 5.87. The van der Waals surface area contributed by atoms with Crippen molar-refractivity contribution in [1.29, 1.82) is 0 Å². The number of nitrogens with one attached hydrogen (secondary N) is 1. The second-order valence-electron chi connectivity index (χ2n) is 6.83. The van der Waals surface area contributed by atoms with Crippen molar-refractivity contribution in [3.63, 3.8) is 0 Å². The van der Waals surface area contributed by atoms with E-state index in [4.69, 9.17) is 0 Å². The van der Waals surface area contributed by atoms with Crippen LogP contribution in [0, 0.1) is 0 Å². The minimum atomic E-state index is -0.680. The van der Waals surface area contributed by atoms with Gasteiger partial charge < -0.3 is 10.4 Å². The largest absolute Gasteiger partial charge is 0.374 e. The highest BCUT2D eigenvalue weighted by atomic mass is 16.3. The summed E-state index contributed by atoms with van der Waals surface area (Å²) in [5.74, 6) is -0.0259. The highest BCUT2D eigenvalue weighted by molar-refractivity contribution is 5.75. The van der Waals surface area contributed by atoms with Crippen LogP contribution in [0.3, 0.4) is 0 Å². The molecule has 1 atom stereocenters. The molecule has 1 amide bonds. The number of unbranched alkanes of at least 4 members (excludes halogenated alkanes) is 11. The number of carbonyl (C=O) groups excluding carboxylic acids is 1. The molecule has 0 spiro atoms. The topological polar surface area (TPSA) is 49.3 Å². The van der Waals surface area contributed by atoms with Crippen molar-refractivity contribution in [2.24, 2.45) is 0 Å². The summed E-state index contributed by atoms with van der Waals surface area (Å²) < 4.78 is 0. The monoisotopic (exact) mass is 339 g/mol. The van der Waals surface area contributed by atoms with Crippen molar-refractivity contribution in [2.45, 2.75) is 116 Å². The number of hydrogen-bond donors (Lipinski definition) is 2. The zero-order valence-electron chi connectivity index (χ0n) is 16.2. The molecule has 24 heavy (non-hydrogen) atoms. The molecule has 142 valence electrons. The van der Waals surface area contributed by atoms with Gasteiger partial charge in [0.15, 0.2) is 0 Å². The molecule has 0 saturated carbocycles. The summed E-state index contributed by atoms with van der Waals surface area (Å²) in [5.41, 5.74) is 0. The lowest BCUT2D eigenvalue weighted by molar-refractivity contribution is -0.124. The smallest absolute Gasteiger partial charge is 0.221 e. The summed E-state index contributed by atoms with van der Waals surface area (Å²) in [6, 6.07) is 0. The first-order valence-electron chi connectivity index (χ1n) is 10.3. The molecule has 0 aromatic carbocycles. The molecule has 0 aromatic heterocycles. The first kappa shape index (κ1) is 23.2. The second kappa shape index (κ2) is 18.5. The summed E-state index contributed by atoms with van der Waals surface area (Å²) in [6.07, 6.45) is 21.5. The Morgan fingerprint density at radius 1 is 0.833 bits per heavy atom. The van der Waals surface area contributed by atoms with Crippen LogP contribution in [0.5, 0.6) is 0 Å². The van der Waals surface area contributed by atoms with Crippen molar-refractivity contribution in [3.05, 3.63) is 12.2 Å². The van der Waals surface area contributed by atoms with Crippen molar-refractivity contribution in [1.82, 2.24) is 5.32 Å². The highest BCUT2D eigenvalue weighted by Crippen LogP contribution is 2.10. The highest BCUT2D eigenvalue weighted by Gasteiger charge is 2.05. The van der Waals surface area contributed by atoms with Gasteiger partial charge in [-0.2, -0.15) is 0 Å². The van der Waals surface area contributed by atoms with Gasteiger partial charge in [0.2, 0.25) is 5.91 Å². The normalized spacial score (nSPS) is 12.6. The first-order chi connectivity index (χ1) is 11.7. The molecule has 0 aliphatic rings. The van der Waals surface area contributed by atoms with Gasteiger partial charge in [0.1, 0.15) is 6.23 Å². The maximum atomic E-state index is 11.5. The molecule has 0 rings (SSSR count). The van der Waals surface area contributed by atoms with E-state index in [-0.39, 0.29) is 5.91 Å². The molecule has 2 N–H and O–H groups in total. The SMILES string of the molecule is CCCCCCCCC=CCCCCCCCC(=O)NC(O)CC. The Bertz CT molecular complexity index is 302. The van der Waals surface area contributed by atoms with Gasteiger partial charge in [0.25, 0.3) is 0 Å². The van der Waals surface area contributed by atoms with Crippen LogP contribution >= 0.6 is 0 Å². The van der Waals surface area contributed by atoms with E-state index < -0.39 is 6.23 Å². The Kier molecular flexibility index (Phi) is 17.9. The quantitative estimate of drug-likeness (QED) is 0.198. The Hall–Kier alpha value is -0.830. The van der Waals surface area contributed by atoms with E-state index in [0.717, 1.165) is 12.8 Å². The van der Waals surface area contributed by atoms with Gasteiger partial charge in [-0.15, -0.1) is 0 Å². The molecule has 0 saturated heterocycles. The lowest BCUT2D eigenvalue weighted by atomic mass is 10.1. The Labute approximate surface area is 150 Å². The third-order valence-electron chi connectivity index (χ3n) is 4.38. The third-order valence-corrected chi connectivity index (χ3v) is 4.38. The lowest BCUT2D eigenvalue weighted by Crippen LogP contribution is -2.33. The van der Waals surface area contributed by atoms with Crippen molar-refractivity contribution in [3.8, 4) is 0 Å². The summed E-state index contributed by atoms with van der Waals surface area (Å²) in [6.45, 7) is 4.12. The van der Waals surface area contributed by atoms with Crippen LogP contribution < -0.4 is 5.32 Å². The van der Waals surface area contributed by atoms with Gasteiger partial charge in [-0.05, 0) is 38.5 Å². The molecule has 0 aliphatic heterocycles. The molecular weight excluding hydrogens is 298 g/mol. The van der Waals surface area contributed by atoms with Gasteiger partial charge in [-0.3, -0.25) is 4.79 Å². The van der Waals surface area contributed by atoms with Gasteiger partial charge >= 0.3 is 0 Å². The fourth-order valence-electron chi connectivity index (χ4n) is 2.72. The van der Waals surface area contributed by atoms with Crippen molar-refractivity contribution < 1.29 is 9.90 Å². The van der Waals surface area contributed by atoms with Gasteiger partial charge in [0, 0.05) is 6.42 Å². The van der Waals surface area contributed by atoms with Crippen LogP contribution in [-0.4, -0.2) is 17.2 Å². The molecule has 0 heterocycles. The number of allylic oxidation sites excluding steroid dienone is 2. The van der Waals surface area contributed by atoms with E-state index in [0.29, 0.717) is 12.8 Å². The minimum absolute atomic E-state index is 0.0259. The summed E-state index contributed by atoms with van der Waals surface area (Å²) >= 11 is 0. The number of rotatable bonds is 17. The maximum absolute atomic E-state index is 11.5. The second-order valence-corrected chi connectivity index (χ2v) is 6.83. The Balaban J connectivity index is 3.22. The fourth-order valence-corrected chi connectivity index (χ4v) is 2.72. The van der Waals surface area contributed by atoms with Crippen LogP contribution in [0.15, 0.2) is 12.2 Å². The van der Waals surface area contributed by atoms with Crippen molar-refractivity contribution in [2.75, 3.05) is 0 Å². The van der Waals surface area contributed by atoms with E-state index in [1.165, 1.54) is 70.6 Å². The Morgan fingerprint density at radius 2 is 1.33 bits per heavy atom. The minimum Gasteiger partial charge on any atom is -0.374 e. The fraction of sp³-hybridized carbons (Fsp3) is 0.857. The lowest BCUT2D eigenvalue weighted by Gasteiger charge is -2.09. The summed E-state index contributed by atoms with van der Waals surface area (Å²) in [7, 11) is 0. The summed E-state index contributed by atoms with van der Waals surface area (Å²) in [5, 5.41) is 11.9. The number of hydrogen-bond acceptors (Lipinski definition) is 2. The van der Waals surface area contributed by atoms with Gasteiger partial charge in [0.05, 0.1) is 0 Å². The summed E-state index contributed by atoms with van der Waals surface area (Å²) in [4.78, 5) is 11.5. The third kappa shape index (κ3) is 17.5. The predicted molar refractivity (Wildman–Crippen MR) is 104 cm³/mol. The molecule has 3 nitrogen and oxygen atoms in total.